The number of carbonyl (C=O) groups is 2. The van der Waals surface area contributed by atoms with Crippen LogP contribution in [0.4, 0.5) is 10.1 Å². The first-order valence-corrected chi connectivity index (χ1v) is 7.49. The molecule has 0 radical (unpaired) electrons. The summed E-state index contributed by atoms with van der Waals surface area (Å²) in [5, 5.41) is 5.03. The Bertz CT molecular complexity index is 674. The Morgan fingerprint density at radius 1 is 1.04 bits per heavy atom. The highest BCUT2D eigenvalue weighted by Crippen LogP contribution is 2.19. The standard InChI is InChI=1S/C18H19FN2O2/c1-2-14(13-8-4-3-5-9-13)18(23)20-12-17(22)21-16-11-7-6-10-15(16)19/h3-11,14H,2,12H2,1H3,(H,20,23)(H,21,22). The van der Waals surface area contributed by atoms with E-state index >= 15 is 0 Å². The molecule has 120 valence electrons. The molecule has 0 saturated heterocycles. The average molecular weight is 314 g/mol. The summed E-state index contributed by atoms with van der Waals surface area (Å²) < 4.78 is 13.5. The smallest absolute Gasteiger partial charge is 0.243 e. The van der Waals surface area contributed by atoms with Crippen molar-refractivity contribution in [3.63, 3.8) is 0 Å². The van der Waals surface area contributed by atoms with E-state index in [1.165, 1.54) is 12.1 Å². The third kappa shape index (κ3) is 4.64. The molecule has 5 heteroatoms. The highest BCUT2D eigenvalue weighted by Gasteiger charge is 2.19. The summed E-state index contributed by atoms with van der Waals surface area (Å²) in [4.78, 5) is 24.1. The zero-order valence-electron chi connectivity index (χ0n) is 12.9. The molecule has 0 heterocycles. The Labute approximate surface area is 134 Å². The predicted octanol–water partition coefficient (Wildman–Crippen LogP) is 3.07. The Hall–Kier alpha value is -2.69. The zero-order valence-corrected chi connectivity index (χ0v) is 12.9. The molecule has 0 fully saturated rings. The van der Waals surface area contributed by atoms with E-state index in [-0.39, 0.29) is 24.1 Å². The fraction of sp³-hybridized carbons (Fsp3) is 0.222. The Morgan fingerprint density at radius 2 is 1.70 bits per heavy atom. The van der Waals surface area contributed by atoms with Crippen molar-refractivity contribution < 1.29 is 14.0 Å². The minimum atomic E-state index is -0.511. The quantitative estimate of drug-likeness (QED) is 0.861. The van der Waals surface area contributed by atoms with Crippen LogP contribution >= 0.6 is 0 Å². The summed E-state index contributed by atoms with van der Waals surface area (Å²) in [6.45, 7) is 1.72. The van der Waals surface area contributed by atoms with Gasteiger partial charge < -0.3 is 10.6 Å². The van der Waals surface area contributed by atoms with Crippen LogP contribution in [0.5, 0.6) is 0 Å². The number of anilines is 1. The first kappa shape index (κ1) is 16.7. The summed E-state index contributed by atoms with van der Waals surface area (Å²) >= 11 is 0. The zero-order chi connectivity index (χ0) is 16.7. The maximum absolute atomic E-state index is 13.5. The molecule has 2 N–H and O–H groups in total. The number of rotatable bonds is 6. The maximum atomic E-state index is 13.5. The number of carbonyl (C=O) groups excluding carboxylic acids is 2. The Kier molecular flexibility index (Phi) is 5.86. The van der Waals surface area contributed by atoms with E-state index in [1.807, 2.05) is 37.3 Å². The predicted molar refractivity (Wildman–Crippen MR) is 87.5 cm³/mol. The molecule has 2 aromatic rings. The van der Waals surface area contributed by atoms with Crippen molar-refractivity contribution in [2.75, 3.05) is 11.9 Å². The van der Waals surface area contributed by atoms with Gasteiger partial charge in [-0.3, -0.25) is 9.59 Å². The highest BCUT2D eigenvalue weighted by atomic mass is 19.1. The average Bonchev–Trinajstić information content (AvgIpc) is 2.57. The third-order valence-corrected chi connectivity index (χ3v) is 3.50. The van der Waals surface area contributed by atoms with Crippen molar-refractivity contribution in [2.24, 2.45) is 0 Å². The van der Waals surface area contributed by atoms with E-state index in [0.717, 1.165) is 5.56 Å². The van der Waals surface area contributed by atoms with Crippen LogP contribution in [0.15, 0.2) is 54.6 Å². The molecule has 2 amide bonds. The van der Waals surface area contributed by atoms with E-state index in [0.29, 0.717) is 6.42 Å². The van der Waals surface area contributed by atoms with Crippen LogP contribution in [0.2, 0.25) is 0 Å². The van der Waals surface area contributed by atoms with Crippen molar-refractivity contribution in [1.82, 2.24) is 5.32 Å². The fourth-order valence-corrected chi connectivity index (χ4v) is 2.31. The van der Waals surface area contributed by atoms with Gasteiger partial charge in [0.15, 0.2) is 0 Å². The van der Waals surface area contributed by atoms with E-state index in [9.17, 15) is 14.0 Å². The molecule has 4 nitrogen and oxygen atoms in total. The van der Waals surface area contributed by atoms with Gasteiger partial charge in [0.25, 0.3) is 0 Å². The van der Waals surface area contributed by atoms with Crippen molar-refractivity contribution in [3.8, 4) is 0 Å². The second-order valence-corrected chi connectivity index (χ2v) is 5.12. The number of para-hydroxylation sites is 1. The van der Waals surface area contributed by atoms with Gasteiger partial charge in [-0.1, -0.05) is 49.4 Å². The van der Waals surface area contributed by atoms with Gasteiger partial charge in [0.2, 0.25) is 11.8 Å². The van der Waals surface area contributed by atoms with Gasteiger partial charge in [0.1, 0.15) is 5.82 Å². The van der Waals surface area contributed by atoms with E-state index in [1.54, 1.807) is 12.1 Å². The molecule has 0 saturated carbocycles. The maximum Gasteiger partial charge on any atom is 0.243 e. The summed E-state index contributed by atoms with van der Waals surface area (Å²) in [5.74, 6) is -1.51. The molecule has 0 spiro atoms. The van der Waals surface area contributed by atoms with Gasteiger partial charge >= 0.3 is 0 Å². The molecule has 0 aliphatic carbocycles. The van der Waals surface area contributed by atoms with Gasteiger partial charge in [-0.15, -0.1) is 0 Å². The summed E-state index contributed by atoms with van der Waals surface area (Å²) in [7, 11) is 0. The molecule has 1 atom stereocenters. The monoisotopic (exact) mass is 314 g/mol. The van der Waals surface area contributed by atoms with E-state index in [2.05, 4.69) is 10.6 Å². The molecule has 2 rings (SSSR count). The fourth-order valence-electron chi connectivity index (χ4n) is 2.31. The number of halogens is 1. The van der Waals surface area contributed by atoms with Crippen LogP contribution in [-0.4, -0.2) is 18.4 Å². The van der Waals surface area contributed by atoms with Gasteiger partial charge in [0, 0.05) is 0 Å². The van der Waals surface area contributed by atoms with Crippen molar-refractivity contribution in [3.05, 3.63) is 66.0 Å². The van der Waals surface area contributed by atoms with E-state index < -0.39 is 11.7 Å². The van der Waals surface area contributed by atoms with Crippen LogP contribution in [0.3, 0.4) is 0 Å². The molecule has 2 aromatic carbocycles. The number of hydrogen-bond donors (Lipinski definition) is 2. The minimum Gasteiger partial charge on any atom is -0.346 e. The second kappa shape index (κ2) is 8.08. The second-order valence-electron chi connectivity index (χ2n) is 5.12. The summed E-state index contributed by atoms with van der Waals surface area (Å²) in [6.07, 6.45) is 0.630. The largest absolute Gasteiger partial charge is 0.346 e. The first-order chi connectivity index (χ1) is 11.1. The molecule has 1 unspecified atom stereocenters. The lowest BCUT2D eigenvalue weighted by molar-refractivity contribution is -0.125. The molecular weight excluding hydrogens is 295 g/mol. The first-order valence-electron chi connectivity index (χ1n) is 7.49. The van der Waals surface area contributed by atoms with Crippen molar-refractivity contribution in [1.29, 1.82) is 0 Å². The van der Waals surface area contributed by atoms with Crippen LogP contribution in [0.1, 0.15) is 24.8 Å². The minimum absolute atomic E-state index is 0.0989. The normalized spacial score (nSPS) is 11.6. The van der Waals surface area contributed by atoms with Gasteiger partial charge in [-0.05, 0) is 24.1 Å². The van der Waals surface area contributed by atoms with Gasteiger partial charge in [-0.2, -0.15) is 0 Å². The van der Waals surface area contributed by atoms with E-state index in [4.69, 9.17) is 0 Å². The summed E-state index contributed by atoms with van der Waals surface area (Å²) in [5.41, 5.74) is 1.00. The lowest BCUT2D eigenvalue weighted by Gasteiger charge is -2.15. The lowest BCUT2D eigenvalue weighted by atomic mass is 9.96. The summed E-state index contributed by atoms with van der Waals surface area (Å²) in [6, 6.07) is 15.3. The number of hydrogen-bond acceptors (Lipinski definition) is 2. The van der Waals surface area contributed by atoms with Crippen LogP contribution in [0.25, 0.3) is 0 Å². The third-order valence-electron chi connectivity index (χ3n) is 3.50. The molecule has 0 bridgehead atoms. The molecule has 0 aliphatic heterocycles. The lowest BCUT2D eigenvalue weighted by Crippen LogP contribution is -2.36. The Balaban J connectivity index is 1.90. The van der Waals surface area contributed by atoms with Crippen molar-refractivity contribution in [2.45, 2.75) is 19.3 Å². The van der Waals surface area contributed by atoms with Crippen molar-refractivity contribution >= 4 is 17.5 Å². The number of benzene rings is 2. The topological polar surface area (TPSA) is 58.2 Å². The highest BCUT2D eigenvalue weighted by molar-refractivity contribution is 5.95. The Morgan fingerprint density at radius 3 is 2.35 bits per heavy atom. The molecule has 0 aromatic heterocycles. The SMILES string of the molecule is CCC(C(=O)NCC(=O)Nc1ccccc1F)c1ccccc1. The van der Waals surface area contributed by atoms with Crippen LogP contribution in [-0.2, 0) is 9.59 Å². The molecule has 0 aliphatic rings. The van der Waals surface area contributed by atoms with Gasteiger partial charge in [0.05, 0.1) is 18.2 Å². The molecule has 23 heavy (non-hydrogen) atoms. The van der Waals surface area contributed by atoms with Gasteiger partial charge in [-0.25, -0.2) is 4.39 Å². The van der Waals surface area contributed by atoms with Crippen LogP contribution in [0, 0.1) is 5.82 Å². The number of amides is 2. The number of nitrogens with one attached hydrogen (secondary N) is 2. The van der Waals surface area contributed by atoms with Crippen LogP contribution < -0.4 is 10.6 Å². The molecular formula is C18H19FN2O2.